The van der Waals surface area contributed by atoms with E-state index in [2.05, 4.69) is 20.0 Å². The van der Waals surface area contributed by atoms with Gasteiger partial charge in [0.1, 0.15) is 29.1 Å². The van der Waals surface area contributed by atoms with Gasteiger partial charge in [-0.1, -0.05) is 6.07 Å². The maximum absolute atomic E-state index is 14.4. The van der Waals surface area contributed by atoms with Crippen LogP contribution >= 0.6 is 23.9 Å². The molecule has 1 fully saturated rings. The van der Waals surface area contributed by atoms with Gasteiger partial charge < -0.3 is 21.1 Å². The second kappa shape index (κ2) is 10.2. The Bertz CT molecular complexity index is 1100. The minimum Gasteiger partial charge on any atom is -0.478 e. The summed E-state index contributed by atoms with van der Waals surface area (Å²) in [5, 5.41) is 6.23. The van der Waals surface area contributed by atoms with E-state index in [1.807, 2.05) is 0 Å². The molecular weight excluding hydrogens is 467 g/mol. The van der Waals surface area contributed by atoms with Gasteiger partial charge in [0, 0.05) is 17.6 Å². The van der Waals surface area contributed by atoms with Crippen LogP contribution in [0.3, 0.4) is 0 Å². The molecule has 12 heteroatoms. The van der Waals surface area contributed by atoms with Crippen molar-refractivity contribution in [3.05, 3.63) is 53.6 Å². The maximum Gasteiger partial charge on any atom is 0.276 e. The summed E-state index contributed by atoms with van der Waals surface area (Å²) in [6, 6.07) is 3.89. The molecule has 4 rings (SSSR count). The lowest BCUT2D eigenvalue weighted by atomic mass is 10.1. The molecule has 4 N–H and O–H groups in total. The zero-order valence-corrected chi connectivity index (χ0v) is 18.2. The molecule has 0 saturated carbocycles. The monoisotopic (exact) mass is 485 g/mol. The van der Waals surface area contributed by atoms with Gasteiger partial charge in [0.15, 0.2) is 11.5 Å². The van der Waals surface area contributed by atoms with Crippen molar-refractivity contribution >= 4 is 41.2 Å². The van der Waals surface area contributed by atoms with E-state index < -0.39 is 34.6 Å². The number of hydrogen-bond donors (Lipinski definition) is 3. The smallest absolute Gasteiger partial charge is 0.276 e. The van der Waals surface area contributed by atoms with Gasteiger partial charge >= 0.3 is 0 Å². The molecule has 1 aromatic carbocycles. The lowest BCUT2D eigenvalue weighted by Gasteiger charge is -2.23. The Hall–Kier alpha value is -2.89. The van der Waals surface area contributed by atoms with Crippen LogP contribution < -0.4 is 21.1 Å². The number of nitrogen functional groups attached to an aromatic ring is 1. The second-order valence-electron chi connectivity index (χ2n) is 6.90. The van der Waals surface area contributed by atoms with Gasteiger partial charge in [0.2, 0.25) is 5.06 Å². The van der Waals surface area contributed by atoms with Gasteiger partial charge in [0.25, 0.3) is 5.91 Å². The predicted molar refractivity (Wildman–Crippen MR) is 118 cm³/mol. The average molecular weight is 486 g/mol. The molecule has 1 amide bonds. The van der Waals surface area contributed by atoms with Crippen LogP contribution in [0.2, 0.25) is 0 Å². The Labute approximate surface area is 191 Å². The first-order valence-corrected chi connectivity index (χ1v) is 10.2. The third kappa shape index (κ3) is 4.95. The number of carbonyl (C=O) groups excluding carboxylic acids is 1. The van der Waals surface area contributed by atoms with Crippen LogP contribution in [0.15, 0.2) is 30.5 Å². The van der Waals surface area contributed by atoms with E-state index in [1.165, 1.54) is 6.20 Å². The first-order chi connectivity index (χ1) is 14.9. The third-order valence-corrected chi connectivity index (χ3v) is 5.46. The highest BCUT2D eigenvalue weighted by atomic mass is 35.5. The molecular formula is C20H19ClF3N5O2S. The van der Waals surface area contributed by atoms with E-state index >= 15 is 0 Å². The summed E-state index contributed by atoms with van der Waals surface area (Å²) >= 11 is 1.07. The molecule has 3 aromatic rings. The van der Waals surface area contributed by atoms with E-state index in [4.69, 9.17) is 10.5 Å². The number of piperidine rings is 1. The summed E-state index contributed by atoms with van der Waals surface area (Å²) in [6.07, 6.45) is 3.03. The zero-order valence-electron chi connectivity index (χ0n) is 16.5. The van der Waals surface area contributed by atoms with Crippen molar-refractivity contribution in [3.8, 4) is 16.3 Å². The summed E-state index contributed by atoms with van der Waals surface area (Å²) in [6.45, 7) is 1.66. The van der Waals surface area contributed by atoms with E-state index in [0.717, 1.165) is 61.7 Å². The quantitative estimate of drug-likeness (QED) is 0.504. The zero-order chi connectivity index (χ0) is 22.0. The van der Waals surface area contributed by atoms with Gasteiger partial charge in [-0.2, -0.15) is 4.37 Å². The topological polar surface area (TPSA) is 102 Å². The summed E-state index contributed by atoms with van der Waals surface area (Å²) < 4.78 is 52.6. The molecule has 1 aliphatic rings. The van der Waals surface area contributed by atoms with E-state index in [9.17, 15) is 18.0 Å². The fourth-order valence-electron chi connectivity index (χ4n) is 3.23. The van der Waals surface area contributed by atoms with Crippen molar-refractivity contribution < 1.29 is 22.7 Å². The number of carbonyl (C=O) groups is 1. The highest BCUT2D eigenvalue weighted by Crippen LogP contribution is 2.33. The standard InChI is InChI=1S/C20H18F3N5O2S.ClH/c21-11-2-1-3-12(22)16(11)17-13(23)8-14(24)18(28-17)19(29)27-15-9-26-31-20(15)30-10-4-6-25-7-5-10;/h1-3,8-10,25H,4-7,24H2,(H,27,29);1H. The van der Waals surface area contributed by atoms with Crippen LogP contribution in [0.4, 0.5) is 24.5 Å². The lowest BCUT2D eigenvalue weighted by Crippen LogP contribution is -2.34. The molecule has 32 heavy (non-hydrogen) atoms. The van der Waals surface area contributed by atoms with Crippen molar-refractivity contribution in [3.63, 3.8) is 0 Å². The number of anilines is 2. The molecule has 0 unspecified atom stereocenters. The number of pyridine rings is 1. The first kappa shape index (κ1) is 23.8. The molecule has 3 heterocycles. The molecule has 7 nitrogen and oxygen atoms in total. The lowest BCUT2D eigenvalue weighted by molar-refractivity contribution is 0.102. The summed E-state index contributed by atoms with van der Waals surface area (Å²) in [4.78, 5) is 16.6. The Balaban J connectivity index is 0.00000289. The molecule has 0 bridgehead atoms. The number of benzene rings is 1. The minimum absolute atomic E-state index is 0. The van der Waals surface area contributed by atoms with Crippen molar-refractivity contribution in [2.45, 2.75) is 18.9 Å². The number of nitrogens with zero attached hydrogens (tertiary/aromatic N) is 2. The average Bonchev–Trinajstić information content (AvgIpc) is 3.16. The fourth-order valence-corrected chi connectivity index (χ4v) is 3.86. The van der Waals surface area contributed by atoms with Gasteiger partial charge in [0.05, 0.1) is 17.4 Å². The van der Waals surface area contributed by atoms with Gasteiger partial charge in [-0.25, -0.2) is 18.2 Å². The molecule has 1 aliphatic heterocycles. The SMILES string of the molecule is Cl.Nc1cc(F)c(-c2c(F)cccc2F)nc1C(=O)Nc1cnsc1OC1CCNCC1. The third-order valence-electron chi connectivity index (χ3n) is 4.77. The van der Waals surface area contributed by atoms with Gasteiger partial charge in [-0.05, 0) is 38.1 Å². The molecule has 0 radical (unpaired) electrons. The molecule has 170 valence electrons. The molecule has 1 saturated heterocycles. The number of aromatic nitrogens is 2. The summed E-state index contributed by atoms with van der Waals surface area (Å²) in [5.74, 6) is -3.86. The molecule has 0 atom stereocenters. The molecule has 2 aromatic heterocycles. The van der Waals surface area contributed by atoms with Crippen molar-refractivity contribution in [1.29, 1.82) is 0 Å². The largest absolute Gasteiger partial charge is 0.478 e. The summed E-state index contributed by atoms with van der Waals surface area (Å²) in [5.41, 5.74) is 4.08. The first-order valence-electron chi connectivity index (χ1n) is 9.48. The highest BCUT2D eigenvalue weighted by molar-refractivity contribution is 7.08. The van der Waals surface area contributed by atoms with Crippen LogP contribution in [0.1, 0.15) is 23.3 Å². The van der Waals surface area contributed by atoms with Crippen LogP contribution in [0, 0.1) is 17.5 Å². The van der Waals surface area contributed by atoms with Crippen molar-refractivity contribution in [2.75, 3.05) is 24.1 Å². The van der Waals surface area contributed by atoms with Crippen molar-refractivity contribution in [1.82, 2.24) is 14.7 Å². The van der Waals surface area contributed by atoms with Crippen molar-refractivity contribution in [2.24, 2.45) is 0 Å². The van der Waals surface area contributed by atoms with Crippen LogP contribution in [0.25, 0.3) is 11.3 Å². The second-order valence-corrected chi connectivity index (χ2v) is 7.67. The van der Waals surface area contributed by atoms with E-state index in [0.29, 0.717) is 10.8 Å². The Morgan fingerprint density at radius 1 is 1.19 bits per heavy atom. The maximum atomic E-state index is 14.4. The number of nitrogens with one attached hydrogen (secondary N) is 2. The van der Waals surface area contributed by atoms with E-state index in [-0.39, 0.29) is 29.9 Å². The molecule has 0 aliphatic carbocycles. The highest BCUT2D eigenvalue weighted by Gasteiger charge is 2.24. The normalized spacial score (nSPS) is 14.0. The fraction of sp³-hybridized carbons (Fsp3) is 0.250. The number of halogens is 4. The summed E-state index contributed by atoms with van der Waals surface area (Å²) in [7, 11) is 0. The number of rotatable bonds is 5. The van der Waals surface area contributed by atoms with Crippen LogP contribution in [-0.2, 0) is 0 Å². The number of nitrogens with two attached hydrogens (primary N) is 1. The Morgan fingerprint density at radius 2 is 1.88 bits per heavy atom. The molecule has 0 spiro atoms. The van der Waals surface area contributed by atoms with E-state index in [1.54, 1.807) is 0 Å². The Morgan fingerprint density at radius 3 is 2.56 bits per heavy atom. The number of ether oxygens (including phenoxy) is 1. The van der Waals surface area contributed by atoms with Gasteiger partial charge in [-0.3, -0.25) is 4.79 Å². The predicted octanol–water partition coefficient (Wildman–Crippen LogP) is 4.01. The van der Waals surface area contributed by atoms with Crippen LogP contribution in [-0.4, -0.2) is 34.5 Å². The van der Waals surface area contributed by atoms with Crippen LogP contribution in [0.5, 0.6) is 5.06 Å². The Kier molecular flexibility index (Phi) is 7.54. The minimum atomic E-state index is -1.05. The number of amides is 1. The number of hydrogen-bond acceptors (Lipinski definition) is 7. The van der Waals surface area contributed by atoms with Gasteiger partial charge in [-0.15, -0.1) is 12.4 Å².